The summed E-state index contributed by atoms with van der Waals surface area (Å²) in [7, 11) is 0. The largest absolute Gasteiger partial charge is 0.349 e. The number of aromatic nitrogens is 3. The number of nitrogens with one attached hydrogen (secondary N) is 3. The number of halogens is 1. The lowest BCUT2D eigenvalue weighted by Crippen LogP contribution is -2.32. The summed E-state index contributed by atoms with van der Waals surface area (Å²) in [4.78, 5) is 24.6. The molecule has 3 amide bonds. The maximum atomic E-state index is 12.5. The second-order valence-electron chi connectivity index (χ2n) is 7.81. The molecule has 8 nitrogen and oxygen atoms in total. The molecule has 1 heterocycles. The third-order valence-electron chi connectivity index (χ3n) is 5.52. The molecule has 0 radical (unpaired) electrons. The Hall–Kier alpha value is -3.13. The van der Waals surface area contributed by atoms with Gasteiger partial charge < -0.3 is 16.0 Å². The number of fused-ring (bicyclic) bond motifs is 1. The Kier molecular flexibility index (Phi) is 6.36. The van der Waals surface area contributed by atoms with Crippen molar-refractivity contribution in [2.45, 2.75) is 45.2 Å². The van der Waals surface area contributed by atoms with Crippen molar-refractivity contribution >= 4 is 40.3 Å². The van der Waals surface area contributed by atoms with E-state index in [1.807, 2.05) is 19.1 Å². The summed E-state index contributed by atoms with van der Waals surface area (Å²) >= 11 is 5.99. The fourth-order valence-corrected chi connectivity index (χ4v) is 3.96. The molecule has 3 N–H and O–H groups in total. The molecule has 31 heavy (non-hydrogen) atoms. The van der Waals surface area contributed by atoms with Crippen molar-refractivity contribution in [3.8, 4) is 0 Å². The first-order chi connectivity index (χ1) is 15.0. The number of hydrogen-bond acceptors (Lipinski definition) is 4. The number of nitrogens with zero attached hydrogens (tertiary/aromatic N) is 3. The lowest BCUT2D eigenvalue weighted by molar-refractivity contribution is 0.0938. The van der Waals surface area contributed by atoms with Gasteiger partial charge in [0, 0.05) is 28.9 Å². The molecule has 0 unspecified atom stereocenters. The van der Waals surface area contributed by atoms with Crippen LogP contribution in [-0.4, -0.2) is 39.5 Å². The van der Waals surface area contributed by atoms with Gasteiger partial charge in [-0.15, -0.1) is 5.10 Å². The number of rotatable bonds is 6. The highest BCUT2D eigenvalue weighted by Crippen LogP contribution is 2.20. The Morgan fingerprint density at radius 1 is 1.16 bits per heavy atom. The van der Waals surface area contributed by atoms with Crippen LogP contribution in [0.2, 0.25) is 5.02 Å². The van der Waals surface area contributed by atoms with Gasteiger partial charge in [0.15, 0.2) is 0 Å². The van der Waals surface area contributed by atoms with E-state index in [1.54, 1.807) is 28.9 Å². The molecule has 9 heteroatoms. The molecule has 0 spiro atoms. The van der Waals surface area contributed by atoms with Gasteiger partial charge in [0.1, 0.15) is 5.52 Å². The zero-order chi connectivity index (χ0) is 21.8. The van der Waals surface area contributed by atoms with E-state index in [0.29, 0.717) is 34.9 Å². The van der Waals surface area contributed by atoms with Crippen molar-refractivity contribution in [2.24, 2.45) is 0 Å². The highest BCUT2D eigenvalue weighted by atomic mass is 35.5. The first kappa shape index (κ1) is 21.1. The first-order valence-electron chi connectivity index (χ1n) is 10.4. The minimum atomic E-state index is -0.319. The number of aryl methyl sites for hydroxylation is 1. The van der Waals surface area contributed by atoms with Gasteiger partial charge >= 0.3 is 6.03 Å². The number of hydrogen-bond donors (Lipinski definition) is 3. The van der Waals surface area contributed by atoms with Gasteiger partial charge in [-0.3, -0.25) is 4.79 Å². The van der Waals surface area contributed by atoms with Gasteiger partial charge in [0.25, 0.3) is 5.91 Å². The van der Waals surface area contributed by atoms with Crippen LogP contribution in [-0.2, 0) is 6.54 Å². The van der Waals surface area contributed by atoms with E-state index in [-0.39, 0.29) is 18.0 Å². The molecule has 162 valence electrons. The zero-order valence-corrected chi connectivity index (χ0v) is 18.1. The van der Waals surface area contributed by atoms with Crippen LogP contribution in [0.25, 0.3) is 11.0 Å². The molecule has 1 aromatic heterocycles. The SMILES string of the molecule is Cc1ccc(Cl)cc1NC(=O)NCCn1nnc2cc(C(=O)NC3CCCC3)ccc21. The molecule has 0 aliphatic heterocycles. The number of carbonyl (C=O) groups is 2. The molecule has 0 atom stereocenters. The van der Waals surface area contributed by atoms with Crippen LogP contribution in [0.1, 0.15) is 41.6 Å². The van der Waals surface area contributed by atoms with Crippen LogP contribution < -0.4 is 16.0 Å². The number of carbonyl (C=O) groups excluding carboxylic acids is 2. The standard InChI is InChI=1S/C22H25ClN6O2/c1-14-6-8-16(23)13-18(14)26-22(31)24-10-11-29-20-9-7-15(12-19(20)27-28-29)21(30)25-17-4-2-3-5-17/h6-9,12-13,17H,2-5,10-11H2,1H3,(H,25,30)(H2,24,26,31). The molecular weight excluding hydrogens is 416 g/mol. The summed E-state index contributed by atoms with van der Waals surface area (Å²) in [6.07, 6.45) is 4.43. The maximum Gasteiger partial charge on any atom is 0.319 e. The Labute approximate surface area is 185 Å². The van der Waals surface area contributed by atoms with E-state index in [0.717, 1.165) is 23.9 Å². The molecule has 4 rings (SSSR count). The number of amides is 3. The van der Waals surface area contributed by atoms with Crippen molar-refractivity contribution in [1.82, 2.24) is 25.6 Å². The fraction of sp³-hybridized carbons (Fsp3) is 0.364. The summed E-state index contributed by atoms with van der Waals surface area (Å²) in [6, 6.07) is 10.7. The summed E-state index contributed by atoms with van der Waals surface area (Å²) in [5.41, 5.74) is 3.64. The van der Waals surface area contributed by atoms with Crippen molar-refractivity contribution in [1.29, 1.82) is 0 Å². The molecule has 1 fully saturated rings. The predicted octanol–water partition coefficient (Wildman–Crippen LogP) is 3.89. The highest BCUT2D eigenvalue weighted by molar-refractivity contribution is 6.31. The van der Waals surface area contributed by atoms with Crippen molar-refractivity contribution in [2.75, 3.05) is 11.9 Å². The molecule has 2 aromatic carbocycles. The molecule has 1 saturated carbocycles. The van der Waals surface area contributed by atoms with Crippen LogP contribution in [0.3, 0.4) is 0 Å². The fourth-order valence-electron chi connectivity index (χ4n) is 3.79. The van der Waals surface area contributed by atoms with Gasteiger partial charge in [-0.05, 0) is 55.7 Å². The molecular formula is C22H25ClN6O2. The topological polar surface area (TPSA) is 101 Å². The Morgan fingerprint density at radius 2 is 1.97 bits per heavy atom. The minimum absolute atomic E-state index is 0.0713. The Balaban J connectivity index is 1.33. The second kappa shape index (κ2) is 9.34. The molecule has 1 aliphatic rings. The first-order valence-corrected chi connectivity index (χ1v) is 10.8. The van der Waals surface area contributed by atoms with Gasteiger partial charge in [-0.2, -0.15) is 0 Å². The quantitative estimate of drug-likeness (QED) is 0.541. The van der Waals surface area contributed by atoms with E-state index in [9.17, 15) is 9.59 Å². The summed E-state index contributed by atoms with van der Waals surface area (Å²) in [6.45, 7) is 2.72. The summed E-state index contributed by atoms with van der Waals surface area (Å²) in [5, 5.41) is 17.6. The summed E-state index contributed by atoms with van der Waals surface area (Å²) in [5.74, 6) is -0.0713. The minimum Gasteiger partial charge on any atom is -0.349 e. The average molecular weight is 441 g/mol. The average Bonchev–Trinajstić information content (AvgIpc) is 3.40. The van der Waals surface area contributed by atoms with E-state index < -0.39 is 0 Å². The monoisotopic (exact) mass is 440 g/mol. The lowest BCUT2D eigenvalue weighted by Gasteiger charge is -2.12. The number of anilines is 1. The zero-order valence-electron chi connectivity index (χ0n) is 17.3. The van der Waals surface area contributed by atoms with E-state index >= 15 is 0 Å². The van der Waals surface area contributed by atoms with Crippen LogP contribution in [0.4, 0.5) is 10.5 Å². The number of benzene rings is 2. The van der Waals surface area contributed by atoms with Gasteiger partial charge in [-0.1, -0.05) is 35.7 Å². The predicted molar refractivity (Wildman–Crippen MR) is 120 cm³/mol. The van der Waals surface area contributed by atoms with Gasteiger partial charge in [0.2, 0.25) is 0 Å². The Morgan fingerprint density at radius 3 is 2.77 bits per heavy atom. The smallest absolute Gasteiger partial charge is 0.319 e. The van der Waals surface area contributed by atoms with Crippen LogP contribution in [0.5, 0.6) is 0 Å². The maximum absolute atomic E-state index is 12.5. The molecule has 0 saturated heterocycles. The van der Waals surface area contributed by atoms with Crippen molar-refractivity contribution < 1.29 is 9.59 Å². The van der Waals surface area contributed by atoms with E-state index in [1.165, 1.54) is 12.8 Å². The number of urea groups is 1. The second-order valence-corrected chi connectivity index (χ2v) is 8.25. The van der Waals surface area contributed by atoms with Crippen LogP contribution >= 0.6 is 11.6 Å². The van der Waals surface area contributed by atoms with E-state index in [4.69, 9.17) is 11.6 Å². The summed E-state index contributed by atoms with van der Waals surface area (Å²) < 4.78 is 1.71. The van der Waals surface area contributed by atoms with Gasteiger partial charge in [0.05, 0.1) is 12.1 Å². The van der Waals surface area contributed by atoms with Crippen molar-refractivity contribution in [3.63, 3.8) is 0 Å². The normalized spacial score (nSPS) is 14.0. The highest BCUT2D eigenvalue weighted by Gasteiger charge is 2.18. The molecule has 1 aliphatic carbocycles. The molecule has 0 bridgehead atoms. The van der Waals surface area contributed by atoms with Crippen LogP contribution in [0.15, 0.2) is 36.4 Å². The Bertz CT molecular complexity index is 1110. The molecule has 3 aromatic rings. The third kappa shape index (κ3) is 5.14. The van der Waals surface area contributed by atoms with Crippen LogP contribution in [0, 0.1) is 6.92 Å². The van der Waals surface area contributed by atoms with Gasteiger partial charge in [-0.25, -0.2) is 9.48 Å². The third-order valence-corrected chi connectivity index (χ3v) is 5.76. The van der Waals surface area contributed by atoms with E-state index in [2.05, 4.69) is 26.3 Å². The lowest BCUT2D eigenvalue weighted by atomic mass is 10.1. The van der Waals surface area contributed by atoms with Crippen molar-refractivity contribution in [3.05, 3.63) is 52.5 Å².